The van der Waals surface area contributed by atoms with Crippen LogP contribution in [0, 0.1) is 5.92 Å². The van der Waals surface area contributed by atoms with Gasteiger partial charge in [0.25, 0.3) is 11.5 Å². The predicted molar refractivity (Wildman–Crippen MR) is 147 cm³/mol. The SMILES string of the molecule is CCC(CC)CCC(=O)Cn1cccc(CC(=O)[C@H](CCC(=O)OC(C)(C)C)NC(=O)c2cncn2C)c1=O. The Morgan fingerprint density at radius 2 is 1.77 bits per heavy atom. The fraction of sp³-hybridized carbons (Fsp3) is 0.586. The molecule has 2 aromatic heterocycles. The van der Waals surface area contributed by atoms with E-state index in [1.165, 1.54) is 27.9 Å². The monoisotopic (exact) mass is 542 g/mol. The van der Waals surface area contributed by atoms with Crippen LogP contribution in [0.3, 0.4) is 0 Å². The van der Waals surface area contributed by atoms with E-state index in [1.807, 2.05) is 0 Å². The first-order valence-electron chi connectivity index (χ1n) is 13.6. The third-order valence-electron chi connectivity index (χ3n) is 6.60. The Morgan fingerprint density at radius 3 is 2.36 bits per heavy atom. The van der Waals surface area contributed by atoms with Crippen molar-refractivity contribution in [1.82, 2.24) is 19.4 Å². The average Bonchev–Trinajstić information content (AvgIpc) is 3.29. The largest absolute Gasteiger partial charge is 0.460 e. The summed E-state index contributed by atoms with van der Waals surface area (Å²) in [5.41, 5.74) is -0.647. The van der Waals surface area contributed by atoms with Gasteiger partial charge < -0.3 is 19.2 Å². The van der Waals surface area contributed by atoms with Gasteiger partial charge >= 0.3 is 5.97 Å². The first-order chi connectivity index (χ1) is 18.3. The lowest BCUT2D eigenvalue weighted by Crippen LogP contribution is -2.43. The lowest BCUT2D eigenvalue weighted by molar-refractivity contribution is -0.155. The summed E-state index contributed by atoms with van der Waals surface area (Å²) in [6.07, 6.45) is 7.23. The van der Waals surface area contributed by atoms with Gasteiger partial charge in [0.2, 0.25) is 0 Å². The molecule has 0 aliphatic heterocycles. The summed E-state index contributed by atoms with van der Waals surface area (Å²) in [7, 11) is 1.65. The highest BCUT2D eigenvalue weighted by Gasteiger charge is 2.26. The molecule has 1 atom stereocenters. The lowest BCUT2D eigenvalue weighted by atomic mass is 9.96. The molecule has 1 amide bonds. The van der Waals surface area contributed by atoms with Crippen LogP contribution in [0.4, 0.5) is 0 Å². The molecule has 10 nitrogen and oxygen atoms in total. The van der Waals surface area contributed by atoms with Crippen molar-refractivity contribution < 1.29 is 23.9 Å². The fourth-order valence-corrected chi connectivity index (χ4v) is 4.26. The van der Waals surface area contributed by atoms with Crippen LogP contribution in [0.15, 0.2) is 35.6 Å². The number of hydrogen-bond donors (Lipinski definition) is 1. The smallest absolute Gasteiger partial charge is 0.306 e. The van der Waals surface area contributed by atoms with Crippen LogP contribution in [0.2, 0.25) is 0 Å². The van der Waals surface area contributed by atoms with E-state index < -0.39 is 34.9 Å². The van der Waals surface area contributed by atoms with Crippen molar-refractivity contribution in [1.29, 1.82) is 0 Å². The van der Waals surface area contributed by atoms with Crippen molar-refractivity contribution in [2.45, 2.75) is 97.8 Å². The number of Topliss-reactive ketones (excluding diaryl/α,β-unsaturated/α-hetero) is 2. The number of ether oxygens (including phenoxy) is 1. The first kappa shape index (κ1) is 31.7. The number of carbonyl (C=O) groups excluding carboxylic acids is 4. The molecule has 2 heterocycles. The Bertz CT molecular complexity index is 1200. The van der Waals surface area contributed by atoms with Crippen molar-refractivity contribution >= 4 is 23.4 Å². The Balaban J connectivity index is 2.16. The molecule has 0 fully saturated rings. The molecular formula is C29H42N4O6. The summed E-state index contributed by atoms with van der Waals surface area (Å²) in [5.74, 6) is -1.00. The van der Waals surface area contributed by atoms with Crippen LogP contribution in [0.25, 0.3) is 0 Å². The quantitative estimate of drug-likeness (QED) is 0.342. The van der Waals surface area contributed by atoms with E-state index in [0.29, 0.717) is 12.3 Å². The number of amides is 1. The summed E-state index contributed by atoms with van der Waals surface area (Å²) in [6, 6.07) is 2.14. The summed E-state index contributed by atoms with van der Waals surface area (Å²) < 4.78 is 8.18. The van der Waals surface area contributed by atoms with E-state index in [0.717, 1.165) is 19.3 Å². The standard InChI is InChI=1S/C29H42N4O6/c1-7-20(8-2)11-12-22(34)18-33-15-9-10-21(28(33)38)16-25(35)23(13-14-26(36)39-29(3,4)5)31-27(37)24-17-30-19-32(24)6/h9-10,15,17,19-20,23H,7-8,11-14,16,18H2,1-6H3,(H,31,37)/t23-/m0/s1. The summed E-state index contributed by atoms with van der Waals surface area (Å²) in [4.78, 5) is 68.0. The predicted octanol–water partition coefficient (Wildman–Crippen LogP) is 3.40. The zero-order valence-electron chi connectivity index (χ0n) is 24.0. The molecule has 0 aliphatic carbocycles. The van der Waals surface area contributed by atoms with Gasteiger partial charge in [-0.1, -0.05) is 32.8 Å². The molecule has 0 bridgehead atoms. The van der Waals surface area contributed by atoms with E-state index in [-0.39, 0.29) is 42.8 Å². The second-order valence-corrected chi connectivity index (χ2v) is 10.9. The van der Waals surface area contributed by atoms with Crippen LogP contribution < -0.4 is 10.9 Å². The van der Waals surface area contributed by atoms with Gasteiger partial charge in [0, 0.05) is 38.1 Å². The zero-order chi connectivity index (χ0) is 29.2. The molecule has 2 aromatic rings. The number of pyridine rings is 1. The molecule has 1 N–H and O–H groups in total. The molecule has 0 spiro atoms. The third-order valence-corrected chi connectivity index (χ3v) is 6.60. The molecular weight excluding hydrogens is 500 g/mol. The molecule has 214 valence electrons. The number of aromatic nitrogens is 3. The molecule has 0 aliphatic rings. The topological polar surface area (TPSA) is 129 Å². The Morgan fingerprint density at radius 1 is 1.08 bits per heavy atom. The Hall–Kier alpha value is -3.56. The second-order valence-electron chi connectivity index (χ2n) is 10.9. The number of esters is 1. The van der Waals surface area contributed by atoms with E-state index >= 15 is 0 Å². The maximum Gasteiger partial charge on any atom is 0.306 e. The van der Waals surface area contributed by atoms with Gasteiger partial charge in [-0.05, 0) is 45.6 Å². The number of hydrogen-bond acceptors (Lipinski definition) is 7. The number of rotatable bonds is 15. The number of ketones is 2. The molecule has 10 heteroatoms. The summed E-state index contributed by atoms with van der Waals surface area (Å²) in [6.45, 7) is 9.38. The number of imidazole rings is 1. The second kappa shape index (κ2) is 14.6. The molecule has 39 heavy (non-hydrogen) atoms. The number of aryl methyl sites for hydroxylation is 1. The van der Waals surface area contributed by atoms with Crippen molar-refractivity contribution in [2.75, 3.05) is 0 Å². The molecule has 0 saturated carbocycles. The first-order valence-corrected chi connectivity index (χ1v) is 13.6. The minimum absolute atomic E-state index is 0.00682. The van der Waals surface area contributed by atoms with Crippen molar-refractivity contribution in [3.05, 3.63) is 52.5 Å². The average molecular weight is 543 g/mol. The van der Waals surface area contributed by atoms with Crippen molar-refractivity contribution in [3.63, 3.8) is 0 Å². The maximum atomic E-state index is 13.3. The van der Waals surface area contributed by atoms with Crippen LogP contribution in [0.5, 0.6) is 0 Å². The van der Waals surface area contributed by atoms with Gasteiger partial charge in [-0.2, -0.15) is 0 Å². The van der Waals surface area contributed by atoms with E-state index in [4.69, 9.17) is 4.74 Å². The van der Waals surface area contributed by atoms with Crippen LogP contribution in [-0.4, -0.2) is 49.2 Å². The maximum absolute atomic E-state index is 13.3. The number of nitrogens with one attached hydrogen (secondary N) is 1. The normalized spacial score (nSPS) is 12.3. The lowest BCUT2D eigenvalue weighted by Gasteiger charge is -2.21. The van der Waals surface area contributed by atoms with E-state index in [9.17, 15) is 24.0 Å². The van der Waals surface area contributed by atoms with Crippen molar-refractivity contribution in [3.8, 4) is 0 Å². The van der Waals surface area contributed by atoms with Gasteiger partial charge in [-0.3, -0.25) is 24.0 Å². The highest BCUT2D eigenvalue weighted by molar-refractivity contribution is 5.97. The Labute approximate surface area is 230 Å². The summed E-state index contributed by atoms with van der Waals surface area (Å²) >= 11 is 0. The van der Waals surface area contributed by atoms with Gasteiger partial charge in [0.05, 0.1) is 25.1 Å². The van der Waals surface area contributed by atoms with Crippen LogP contribution >= 0.6 is 0 Å². The van der Waals surface area contributed by atoms with Crippen LogP contribution in [-0.2, 0) is 39.1 Å². The van der Waals surface area contributed by atoms with Gasteiger partial charge in [-0.25, -0.2) is 4.98 Å². The highest BCUT2D eigenvalue weighted by Crippen LogP contribution is 2.15. The van der Waals surface area contributed by atoms with Gasteiger partial charge in [-0.15, -0.1) is 0 Å². The number of nitrogens with zero attached hydrogens (tertiary/aromatic N) is 3. The fourth-order valence-electron chi connectivity index (χ4n) is 4.26. The highest BCUT2D eigenvalue weighted by atomic mass is 16.6. The zero-order valence-corrected chi connectivity index (χ0v) is 24.0. The van der Waals surface area contributed by atoms with Gasteiger partial charge in [0.15, 0.2) is 11.6 Å². The van der Waals surface area contributed by atoms with E-state index in [1.54, 1.807) is 40.0 Å². The minimum Gasteiger partial charge on any atom is -0.460 e. The molecule has 0 saturated heterocycles. The molecule has 2 rings (SSSR count). The molecule has 0 aromatic carbocycles. The van der Waals surface area contributed by atoms with E-state index in [2.05, 4.69) is 24.1 Å². The van der Waals surface area contributed by atoms with Crippen LogP contribution in [0.1, 0.15) is 89.2 Å². The minimum atomic E-state index is -1.03. The number of carbonyl (C=O) groups is 4. The van der Waals surface area contributed by atoms with Crippen molar-refractivity contribution in [2.24, 2.45) is 13.0 Å². The Kier molecular flexibility index (Phi) is 11.8. The molecule has 0 unspecified atom stereocenters. The third kappa shape index (κ3) is 10.3. The summed E-state index contributed by atoms with van der Waals surface area (Å²) in [5, 5.41) is 2.68. The van der Waals surface area contributed by atoms with Gasteiger partial charge in [0.1, 0.15) is 11.3 Å². The molecule has 0 radical (unpaired) electrons.